The van der Waals surface area contributed by atoms with Crippen LogP contribution in [-0.2, 0) is 31.8 Å². The van der Waals surface area contributed by atoms with Crippen LogP contribution in [0.5, 0.6) is 0 Å². The zero-order valence-electron chi connectivity index (χ0n) is 20.7. The predicted molar refractivity (Wildman–Crippen MR) is 139 cm³/mol. The second-order valence-corrected chi connectivity index (χ2v) is 11.6. The van der Waals surface area contributed by atoms with Crippen molar-refractivity contribution < 1.29 is 32.3 Å². The van der Waals surface area contributed by atoms with Crippen molar-refractivity contribution in [2.75, 3.05) is 31.2 Å². The highest BCUT2D eigenvalue weighted by Gasteiger charge is 2.57. The molecule has 0 spiro atoms. The van der Waals surface area contributed by atoms with E-state index in [9.17, 15) is 32.3 Å². The van der Waals surface area contributed by atoms with Gasteiger partial charge in [-0.25, -0.2) is 4.90 Å². The first kappa shape index (κ1) is 26.7. The number of halogens is 3. The lowest BCUT2D eigenvalue weighted by atomic mass is 9.84. The first-order valence-electron chi connectivity index (χ1n) is 12.4. The number of morpholine rings is 1. The molecule has 2 saturated heterocycles. The average molecular weight is 591 g/mol. The summed E-state index contributed by atoms with van der Waals surface area (Å²) in [5, 5.41) is -0.746. The van der Waals surface area contributed by atoms with Crippen LogP contribution < -0.4 is 9.77 Å². The van der Waals surface area contributed by atoms with E-state index in [4.69, 9.17) is 4.74 Å². The van der Waals surface area contributed by atoms with Crippen molar-refractivity contribution in [1.82, 2.24) is 14.5 Å². The van der Waals surface area contributed by atoms with E-state index in [-0.39, 0.29) is 12.5 Å². The Kier molecular flexibility index (Phi) is 6.79. The maximum absolute atomic E-state index is 13.9. The van der Waals surface area contributed by atoms with E-state index in [1.54, 1.807) is 17.0 Å². The molecular formula is C26H21F3N4O5S2. The van der Waals surface area contributed by atoms with Gasteiger partial charge in [0.25, 0.3) is 0 Å². The van der Waals surface area contributed by atoms with Crippen LogP contribution in [0.15, 0.2) is 58.6 Å². The molecule has 0 radical (unpaired) electrons. The largest absolute Gasteiger partial charge is 0.418 e. The summed E-state index contributed by atoms with van der Waals surface area (Å²) >= 11 is 1.82. The number of fused-ring (bicyclic) bond motifs is 2. The maximum Gasteiger partial charge on any atom is 0.418 e. The number of thiazole rings is 1. The topological polar surface area (TPSA) is 102 Å². The second-order valence-electron chi connectivity index (χ2n) is 9.47. The molecule has 3 aliphatic rings. The van der Waals surface area contributed by atoms with E-state index >= 15 is 0 Å². The Morgan fingerprint density at radius 2 is 1.80 bits per heavy atom. The molecule has 40 heavy (non-hydrogen) atoms. The molecule has 0 aliphatic carbocycles. The zero-order chi connectivity index (χ0) is 28.2. The first-order chi connectivity index (χ1) is 19.2. The standard InChI is InChI=1S/C26H21F3N4O5S2/c27-26(28,29)15-5-1-2-6-16(15)33-22(35)19-18(14-4-3-7-30-12-14)21-24(39-20(19)23(33)36)32(25(37)40-21)13-17(34)31-8-10-38-11-9-31/h1-7,12,18-20H,8-11,13H2. The van der Waals surface area contributed by atoms with Crippen LogP contribution in [0.4, 0.5) is 18.9 Å². The number of pyridine rings is 1. The van der Waals surface area contributed by atoms with Crippen molar-refractivity contribution in [1.29, 1.82) is 0 Å². The number of carbonyl (C=O) groups excluding carboxylic acids is 3. The van der Waals surface area contributed by atoms with Crippen molar-refractivity contribution in [2.45, 2.75) is 28.9 Å². The SMILES string of the molecule is O=C(Cn1c2c(sc1=O)C(c1cccnc1)C1C(=O)N(c3ccccc3C(F)(F)F)C(=O)C1S2)N1CCOCC1. The van der Waals surface area contributed by atoms with Gasteiger partial charge >= 0.3 is 11.0 Å². The number of anilines is 1. The van der Waals surface area contributed by atoms with E-state index in [0.717, 1.165) is 35.2 Å². The third kappa shape index (κ3) is 4.43. The molecule has 3 aromatic rings. The quantitative estimate of drug-likeness (QED) is 0.431. The number of aromatic nitrogens is 2. The van der Waals surface area contributed by atoms with Gasteiger partial charge in [0.1, 0.15) is 11.8 Å². The third-order valence-electron chi connectivity index (χ3n) is 7.20. The molecule has 2 fully saturated rings. The van der Waals surface area contributed by atoms with Crippen molar-refractivity contribution in [3.05, 3.63) is 74.5 Å². The number of para-hydroxylation sites is 1. The lowest BCUT2D eigenvalue weighted by Crippen LogP contribution is -2.43. The second kappa shape index (κ2) is 10.2. The van der Waals surface area contributed by atoms with Gasteiger partial charge in [0, 0.05) is 36.3 Å². The smallest absolute Gasteiger partial charge is 0.378 e. The number of rotatable bonds is 4. The summed E-state index contributed by atoms with van der Waals surface area (Å²) in [6, 6.07) is 7.81. The van der Waals surface area contributed by atoms with Crippen LogP contribution in [-0.4, -0.2) is 63.7 Å². The Balaban J connectivity index is 1.44. The molecule has 0 N–H and O–H groups in total. The molecule has 3 amide bonds. The molecule has 9 nitrogen and oxygen atoms in total. The number of ether oxygens (including phenoxy) is 1. The summed E-state index contributed by atoms with van der Waals surface area (Å²) in [6.45, 7) is 1.27. The van der Waals surface area contributed by atoms with Gasteiger partial charge in [-0.3, -0.25) is 28.7 Å². The van der Waals surface area contributed by atoms with Crippen LogP contribution in [0.3, 0.4) is 0 Å². The predicted octanol–water partition coefficient (Wildman–Crippen LogP) is 2.98. The Morgan fingerprint density at radius 3 is 2.50 bits per heavy atom. The summed E-state index contributed by atoms with van der Waals surface area (Å²) in [5.74, 6) is -3.76. The minimum absolute atomic E-state index is 0.266. The highest BCUT2D eigenvalue weighted by Crippen LogP contribution is 2.54. The molecule has 5 heterocycles. The average Bonchev–Trinajstić information content (AvgIpc) is 3.39. The fourth-order valence-corrected chi connectivity index (χ4v) is 8.14. The molecule has 0 bridgehead atoms. The Labute approximate surface area is 233 Å². The summed E-state index contributed by atoms with van der Waals surface area (Å²) in [6.07, 6.45) is -1.75. The van der Waals surface area contributed by atoms with E-state index in [2.05, 4.69) is 4.98 Å². The third-order valence-corrected chi connectivity index (χ3v) is 9.80. The van der Waals surface area contributed by atoms with Crippen LogP contribution >= 0.6 is 23.1 Å². The van der Waals surface area contributed by atoms with Gasteiger partial charge in [-0.1, -0.05) is 41.3 Å². The van der Waals surface area contributed by atoms with Crippen LogP contribution in [0, 0.1) is 5.92 Å². The lowest BCUT2D eigenvalue weighted by Gasteiger charge is -2.31. The highest BCUT2D eigenvalue weighted by molar-refractivity contribution is 8.00. The van der Waals surface area contributed by atoms with Crippen LogP contribution in [0.1, 0.15) is 21.9 Å². The van der Waals surface area contributed by atoms with Gasteiger partial charge in [-0.05, 0) is 23.8 Å². The first-order valence-corrected chi connectivity index (χ1v) is 14.1. The van der Waals surface area contributed by atoms with Crippen molar-refractivity contribution >= 4 is 46.5 Å². The molecule has 3 atom stereocenters. The minimum Gasteiger partial charge on any atom is -0.378 e. The number of nitrogens with zero attached hydrogens (tertiary/aromatic N) is 4. The number of benzene rings is 1. The number of thioether (sulfide) groups is 1. The van der Waals surface area contributed by atoms with Crippen LogP contribution in [0.2, 0.25) is 0 Å². The lowest BCUT2D eigenvalue weighted by molar-refractivity contribution is -0.137. The highest BCUT2D eigenvalue weighted by atomic mass is 32.2. The van der Waals surface area contributed by atoms with E-state index < -0.39 is 51.2 Å². The summed E-state index contributed by atoms with van der Waals surface area (Å²) in [7, 11) is 0. The summed E-state index contributed by atoms with van der Waals surface area (Å²) < 4.78 is 48.2. The molecule has 3 unspecified atom stereocenters. The van der Waals surface area contributed by atoms with E-state index in [0.29, 0.717) is 46.7 Å². The van der Waals surface area contributed by atoms with Gasteiger partial charge in [0.05, 0.1) is 35.4 Å². The minimum atomic E-state index is -4.79. The van der Waals surface area contributed by atoms with Gasteiger partial charge in [-0.15, -0.1) is 0 Å². The zero-order valence-corrected chi connectivity index (χ0v) is 22.3. The molecular weight excluding hydrogens is 569 g/mol. The fraction of sp³-hybridized carbons (Fsp3) is 0.346. The van der Waals surface area contributed by atoms with E-state index in [1.165, 1.54) is 29.1 Å². The molecule has 3 aliphatic heterocycles. The summed E-state index contributed by atoms with van der Waals surface area (Å²) in [4.78, 5) is 60.2. The van der Waals surface area contributed by atoms with Crippen molar-refractivity contribution in [3.8, 4) is 0 Å². The van der Waals surface area contributed by atoms with Gasteiger partial charge in [-0.2, -0.15) is 13.2 Å². The van der Waals surface area contributed by atoms with Crippen molar-refractivity contribution in [3.63, 3.8) is 0 Å². The summed E-state index contributed by atoms with van der Waals surface area (Å²) in [5.41, 5.74) is -1.09. The van der Waals surface area contributed by atoms with Crippen LogP contribution in [0.25, 0.3) is 0 Å². The molecule has 14 heteroatoms. The number of amides is 3. The number of carbonyl (C=O) groups is 3. The van der Waals surface area contributed by atoms with Gasteiger partial charge in [0.2, 0.25) is 17.7 Å². The van der Waals surface area contributed by atoms with Crippen molar-refractivity contribution in [2.24, 2.45) is 5.92 Å². The Morgan fingerprint density at radius 1 is 1.05 bits per heavy atom. The molecule has 208 valence electrons. The van der Waals surface area contributed by atoms with Gasteiger partial charge < -0.3 is 9.64 Å². The molecule has 1 aromatic carbocycles. The number of alkyl halides is 3. The van der Waals surface area contributed by atoms with Gasteiger partial charge in [0.15, 0.2) is 0 Å². The maximum atomic E-state index is 13.9. The number of hydrogen-bond acceptors (Lipinski definition) is 8. The molecule has 0 saturated carbocycles. The fourth-order valence-electron chi connectivity index (χ4n) is 5.37. The molecule has 6 rings (SSSR count). The number of hydrogen-bond donors (Lipinski definition) is 0. The Hall–Kier alpha value is -3.49. The van der Waals surface area contributed by atoms with E-state index in [1.807, 2.05) is 0 Å². The molecule has 2 aromatic heterocycles. The normalized spacial score (nSPS) is 22.8. The monoisotopic (exact) mass is 590 g/mol. The number of imide groups is 1. The Bertz CT molecular complexity index is 1550.